The Hall–Kier alpha value is -2.77. The molecule has 1 amide bonds. The minimum atomic E-state index is -0.117. The predicted octanol–water partition coefficient (Wildman–Crippen LogP) is 2.50. The maximum atomic E-state index is 12.6. The molecule has 2 N–H and O–H groups in total. The second-order valence-electron chi connectivity index (χ2n) is 7.43. The van der Waals surface area contributed by atoms with Crippen molar-refractivity contribution >= 4 is 16.9 Å². The van der Waals surface area contributed by atoms with Crippen LogP contribution in [0.4, 0.5) is 0 Å². The molecule has 28 heavy (non-hydrogen) atoms. The molecule has 7 nitrogen and oxygen atoms in total. The van der Waals surface area contributed by atoms with Crippen LogP contribution in [0.15, 0.2) is 42.5 Å². The number of hydrogen-bond donors (Lipinski definition) is 2. The van der Waals surface area contributed by atoms with Crippen molar-refractivity contribution in [3.8, 4) is 0 Å². The topological polar surface area (TPSA) is 83.1 Å². The molecule has 1 saturated heterocycles. The summed E-state index contributed by atoms with van der Waals surface area (Å²) < 4.78 is 5.83. The summed E-state index contributed by atoms with van der Waals surface area (Å²) in [6, 6.07) is 13.6. The molecule has 3 aromatic rings. The Balaban J connectivity index is 1.42. The van der Waals surface area contributed by atoms with Crippen molar-refractivity contribution in [2.45, 2.75) is 39.1 Å². The molecule has 2 unspecified atom stereocenters. The lowest BCUT2D eigenvalue weighted by atomic mass is 10.1. The standard InChI is InChI=1S/C21H25N5O2/c1-14-11-26(12-15(2)28-14)13-18-6-4-3-5-17(18)10-22-21(27)16-7-8-19-20(9-16)24-25-23-19/h3-9,14-15H,10-13H2,1-2H3,(H,22,27)(H,23,24,25). The second kappa shape index (κ2) is 8.08. The Bertz CT molecular complexity index is 960. The number of carbonyl (C=O) groups excluding carboxylic acids is 1. The Morgan fingerprint density at radius 1 is 1.11 bits per heavy atom. The molecule has 2 heterocycles. The Morgan fingerprint density at radius 2 is 1.82 bits per heavy atom. The lowest BCUT2D eigenvalue weighted by Gasteiger charge is -2.35. The highest BCUT2D eigenvalue weighted by Crippen LogP contribution is 2.17. The number of fused-ring (bicyclic) bond motifs is 1. The number of nitrogens with one attached hydrogen (secondary N) is 2. The van der Waals surface area contributed by atoms with E-state index in [0.29, 0.717) is 17.6 Å². The first-order chi connectivity index (χ1) is 13.6. The smallest absolute Gasteiger partial charge is 0.251 e. The maximum Gasteiger partial charge on any atom is 0.251 e. The number of H-pyrrole nitrogens is 1. The van der Waals surface area contributed by atoms with E-state index in [2.05, 4.69) is 51.6 Å². The zero-order valence-electron chi connectivity index (χ0n) is 16.2. The molecule has 0 bridgehead atoms. The summed E-state index contributed by atoms with van der Waals surface area (Å²) >= 11 is 0. The molecule has 2 aromatic carbocycles. The van der Waals surface area contributed by atoms with Gasteiger partial charge in [0.1, 0.15) is 11.0 Å². The van der Waals surface area contributed by atoms with Crippen molar-refractivity contribution in [3.05, 3.63) is 59.2 Å². The number of nitrogens with zero attached hydrogens (tertiary/aromatic N) is 3. The average molecular weight is 379 g/mol. The van der Waals surface area contributed by atoms with Gasteiger partial charge in [-0.15, -0.1) is 0 Å². The average Bonchev–Trinajstić information content (AvgIpc) is 3.14. The maximum absolute atomic E-state index is 12.6. The number of rotatable bonds is 5. The van der Waals surface area contributed by atoms with Crippen LogP contribution in [-0.2, 0) is 17.8 Å². The largest absolute Gasteiger partial charge is 0.373 e. The number of ether oxygens (including phenoxy) is 1. The van der Waals surface area contributed by atoms with E-state index in [1.165, 1.54) is 5.56 Å². The summed E-state index contributed by atoms with van der Waals surface area (Å²) in [5.74, 6) is -0.117. The molecular weight excluding hydrogens is 354 g/mol. The Labute approximate surface area is 164 Å². The van der Waals surface area contributed by atoms with Crippen LogP contribution < -0.4 is 5.32 Å². The lowest BCUT2D eigenvalue weighted by molar-refractivity contribution is -0.0705. The van der Waals surface area contributed by atoms with Gasteiger partial charge in [-0.25, -0.2) is 0 Å². The van der Waals surface area contributed by atoms with E-state index >= 15 is 0 Å². The van der Waals surface area contributed by atoms with Gasteiger partial charge >= 0.3 is 0 Å². The van der Waals surface area contributed by atoms with E-state index in [1.54, 1.807) is 18.2 Å². The fourth-order valence-electron chi connectivity index (χ4n) is 3.80. The monoisotopic (exact) mass is 379 g/mol. The van der Waals surface area contributed by atoms with Gasteiger partial charge < -0.3 is 10.1 Å². The minimum absolute atomic E-state index is 0.117. The molecule has 4 rings (SSSR count). The molecule has 0 spiro atoms. The van der Waals surface area contributed by atoms with Crippen LogP contribution >= 0.6 is 0 Å². The highest BCUT2D eigenvalue weighted by atomic mass is 16.5. The SMILES string of the molecule is CC1CN(Cc2ccccc2CNC(=O)c2ccc3n[nH]nc3c2)CC(C)O1. The van der Waals surface area contributed by atoms with E-state index in [4.69, 9.17) is 4.74 Å². The van der Waals surface area contributed by atoms with Gasteiger partial charge in [-0.3, -0.25) is 9.69 Å². The van der Waals surface area contributed by atoms with Crippen molar-refractivity contribution in [3.63, 3.8) is 0 Å². The van der Waals surface area contributed by atoms with E-state index in [9.17, 15) is 4.79 Å². The molecule has 1 aliphatic heterocycles. The second-order valence-corrected chi connectivity index (χ2v) is 7.43. The summed E-state index contributed by atoms with van der Waals surface area (Å²) in [5, 5.41) is 13.6. The molecule has 2 atom stereocenters. The summed E-state index contributed by atoms with van der Waals surface area (Å²) in [6.07, 6.45) is 0.476. The molecule has 146 valence electrons. The molecular formula is C21H25N5O2. The van der Waals surface area contributed by atoms with Crippen molar-refractivity contribution in [2.75, 3.05) is 13.1 Å². The van der Waals surface area contributed by atoms with Gasteiger partial charge in [0.2, 0.25) is 0 Å². The number of aromatic nitrogens is 3. The first-order valence-electron chi connectivity index (χ1n) is 9.62. The van der Waals surface area contributed by atoms with Crippen LogP contribution in [0.5, 0.6) is 0 Å². The molecule has 0 saturated carbocycles. The van der Waals surface area contributed by atoms with E-state index < -0.39 is 0 Å². The quantitative estimate of drug-likeness (QED) is 0.712. The number of aromatic amines is 1. The number of hydrogen-bond acceptors (Lipinski definition) is 5. The van der Waals surface area contributed by atoms with Gasteiger partial charge in [-0.05, 0) is 43.2 Å². The van der Waals surface area contributed by atoms with Gasteiger partial charge in [0, 0.05) is 31.7 Å². The Morgan fingerprint density at radius 3 is 2.61 bits per heavy atom. The van der Waals surface area contributed by atoms with E-state index in [0.717, 1.165) is 30.7 Å². The third kappa shape index (κ3) is 4.21. The predicted molar refractivity (Wildman–Crippen MR) is 107 cm³/mol. The molecule has 7 heteroatoms. The molecule has 1 aliphatic rings. The molecule has 0 radical (unpaired) electrons. The van der Waals surface area contributed by atoms with Crippen LogP contribution in [0.1, 0.15) is 35.3 Å². The molecule has 0 aliphatic carbocycles. The third-order valence-corrected chi connectivity index (χ3v) is 5.03. The fraction of sp³-hybridized carbons (Fsp3) is 0.381. The minimum Gasteiger partial charge on any atom is -0.373 e. The normalized spacial score (nSPS) is 20.4. The first kappa shape index (κ1) is 18.6. The fourth-order valence-corrected chi connectivity index (χ4v) is 3.80. The Kier molecular flexibility index (Phi) is 5.36. The van der Waals surface area contributed by atoms with E-state index in [-0.39, 0.29) is 18.1 Å². The summed E-state index contributed by atoms with van der Waals surface area (Å²) in [5.41, 5.74) is 4.37. The van der Waals surface area contributed by atoms with Crippen LogP contribution in [0.25, 0.3) is 11.0 Å². The van der Waals surface area contributed by atoms with Gasteiger partial charge in [0.05, 0.1) is 12.2 Å². The first-order valence-corrected chi connectivity index (χ1v) is 9.62. The van der Waals surface area contributed by atoms with Gasteiger partial charge in [0.25, 0.3) is 5.91 Å². The van der Waals surface area contributed by atoms with Crippen molar-refractivity contribution in [2.24, 2.45) is 0 Å². The third-order valence-electron chi connectivity index (χ3n) is 5.03. The summed E-state index contributed by atoms with van der Waals surface area (Å²) in [4.78, 5) is 15.0. The number of benzene rings is 2. The van der Waals surface area contributed by atoms with Gasteiger partial charge in [-0.2, -0.15) is 15.4 Å². The zero-order chi connectivity index (χ0) is 19.5. The number of carbonyl (C=O) groups is 1. The van der Waals surface area contributed by atoms with Crippen molar-refractivity contribution in [1.82, 2.24) is 25.6 Å². The van der Waals surface area contributed by atoms with Crippen LogP contribution in [0, 0.1) is 0 Å². The highest BCUT2D eigenvalue weighted by Gasteiger charge is 2.22. The van der Waals surface area contributed by atoms with Crippen molar-refractivity contribution < 1.29 is 9.53 Å². The van der Waals surface area contributed by atoms with Crippen LogP contribution in [-0.4, -0.2) is 51.5 Å². The van der Waals surface area contributed by atoms with E-state index in [1.807, 2.05) is 12.1 Å². The van der Waals surface area contributed by atoms with Gasteiger partial charge in [0.15, 0.2) is 0 Å². The van der Waals surface area contributed by atoms with Gasteiger partial charge in [-0.1, -0.05) is 24.3 Å². The lowest BCUT2D eigenvalue weighted by Crippen LogP contribution is -2.45. The molecule has 1 aromatic heterocycles. The number of amides is 1. The summed E-state index contributed by atoms with van der Waals surface area (Å²) in [6.45, 7) is 7.41. The van der Waals surface area contributed by atoms with Crippen molar-refractivity contribution in [1.29, 1.82) is 0 Å². The highest BCUT2D eigenvalue weighted by molar-refractivity contribution is 5.97. The van der Waals surface area contributed by atoms with Crippen LogP contribution in [0.2, 0.25) is 0 Å². The number of morpholine rings is 1. The zero-order valence-corrected chi connectivity index (χ0v) is 16.2. The van der Waals surface area contributed by atoms with Crippen LogP contribution in [0.3, 0.4) is 0 Å². The molecule has 1 fully saturated rings. The summed E-state index contributed by atoms with van der Waals surface area (Å²) in [7, 11) is 0.